The van der Waals surface area contributed by atoms with E-state index in [0.717, 1.165) is 11.3 Å². The van der Waals surface area contributed by atoms with Gasteiger partial charge in [0, 0.05) is 18.9 Å². The Morgan fingerprint density at radius 1 is 1.50 bits per heavy atom. The molecule has 4 nitrogen and oxygen atoms in total. The monoisotopic (exact) mass is 193 g/mol. The summed E-state index contributed by atoms with van der Waals surface area (Å²) in [5.74, 6) is 0.329. The molecule has 0 spiro atoms. The minimum atomic E-state index is 0.119. The van der Waals surface area contributed by atoms with Gasteiger partial charge in [0.15, 0.2) is 0 Å². The summed E-state index contributed by atoms with van der Waals surface area (Å²) in [7, 11) is 0. The molecule has 1 aromatic rings. The highest BCUT2D eigenvalue weighted by atomic mass is 16.1. The number of Topliss-reactive ketones (excluding diaryl/α,β-unsaturated/α-hetero) is 1. The van der Waals surface area contributed by atoms with Crippen molar-refractivity contribution in [2.45, 2.75) is 38.8 Å². The van der Waals surface area contributed by atoms with E-state index in [1.807, 2.05) is 13.8 Å². The fourth-order valence-electron chi connectivity index (χ4n) is 2.01. The molecule has 2 unspecified atom stereocenters. The Morgan fingerprint density at radius 3 is 2.86 bits per heavy atom. The quantitative estimate of drug-likeness (QED) is 0.702. The van der Waals surface area contributed by atoms with Gasteiger partial charge in [-0.3, -0.25) is 9.89 Å². The van der Waals surface area contributed by atoms with E-state index in [-0.39, 0.29) is 12.1 Å². The Bertz CT molecular complexity index is 345. The summed E-state index contributed by atoms with van der Waals surface area (Å²) in [6, 6.07) is 0.387. The van der Waals surface area contributed by atoms with Crippen LogP contribution in [0.25, 0.3) is 0 Å². The molecule has 4 heteroatoms. The lowest BCUT2D eigenvalue weighted by molar-refractivity contribution is -0.121. The number of H-pyrrole nitrogens is 1. The maximum absolute atomic E-state index is 11.4. The molecular formula is C10H15N3O. The van der Waals surface area contributed by atoms with E-state index in [0.29, 0.717) is 18.6 Å². The van der Waals surface area contributed by atoms with Gasteiger partial charge in [-0.25, -0.2) is 0 Å². The van der Waals surface area contributed by atoms with Crippen LogP contribution in [-0.4, -0.2) is 22.0 Å². The first kappa shape index (κ1) is 9.40. The maximum atomic E-state index is 11.4. The molecule has 0 saturated carbocycles. The predicted octanol–water partition coefficient (Wildman–Crippen LogP) is 1.10. The third kappa shape index (κ3) is 1.70. The van der Waals surface area contributed by atoms with E-state index in [9.17, 15) is 4.79 Å². The van der Waals surface area contributed by atoms with Gasteiger partial charge in [-0.15, -0.1) is 0 Å². The van der Waals surface area contributed by atoms with Crippen LogP contribution in [0.3, 0.4) is 0 Å². The molecular weight excluding hydrogens is 178 g/mol. The van der Waals surface area contributed by atoms with Crippen molar-refractivity contribution in [3.05, 3.63) is 17.5 Å². The first-order valence-electron chi connectivity index (χ1n) is 4.94. The molecule has 0 aromatic carbocycles. The van der Waals surface area contributed by atoms with Crippen LogP contribution in [0.1, 0.15) is 37.1 Å². The SMILES string of the molecule is Cc1cn[nH]c1C1CC(=O)CC(C)N1. The highest BCUT2D eigenvalue weighted by Gasteiger charge is 2.26. The lowest BCUT2D eigenvalue weighted by Gasteiger charge is -2.27. The number of aromatic nitrogens is 2. The van der Waals surface area contributed by atoms with Crippen molar-refractivity contribution in [1.29, 1.82) is 0 Å². The number of nitrogens with zero attached hydrogens (tertiary/aromatic N) is 1. The largest absolute Gasteiger partial charge is 0.305 e. The van der Waals surface area contributed by atoms with Crippen molar-refractivity contribution in [1.82, 2.24) is 15.5 Å². The zero-order valence-electron chi connectivity index (χ0n) is 8.50. The van der Waals surface area contributed by atoms with E-state index in [2.05, 4.69) is 15.5 Å². The second kappa shape index (κ2) is 3.53. The summed E-state index contributed by atoms with van der Waals surface area (Å²) < 4.78 is 0. The van der Waals surface area contributed by atoms with Crippen LogP contribution in [0.2, 0.25) is 0 Å². The van der Waals surface area contributed by atoms with Gasteiger partial charge >= 0.3 is 0 Å². The molecule has 14 heavy (non-hydrogen) atoms. The fraction of sp³-hybridized carbons (Fsp3) is 0.600. The van der Waals surface area contributed by atoms with E-state index in [4.69, 9.17) is 0 Å². The van der Waals surface area contributed by atoms with E-state index < -0.39 is 0 Å². The van der Waals surface area contributed by atoms with Crippen LogP contribution in [0.4, 0.5) is 0 Å². The van der Waals surface area contributed by atoms with Gasteiger partial charge in [0.05, 0.1) is 17.9 Å². The number of nitrogens with one attached hydrogen (secondary N) is 2. The van der Waals surface area contributed by atoms with E-state index in [1.54, 1.807) is 6.20 Å². The molecule has 2 rings (SSSR count). The number of carbonyl (C=O) groups excluding carboxylic acids is 1. The van der Waals surface area contributed by atoms with Crippen LogP contribution >= 0.6 is 0 Å². The van der Waals surface area contributed by atoms with Gasteiger partial charge in [-0.2, -0.15) is 5.10 Å². The highest BCUT2D eigenvalue weighted by Crippen LogP contribution is 2.23. The minimum Gasteiger partial charge on any atom is -0.305 e. The second-order valence-electron chi connectivity index (χ2n) is 4.03. The highest BCUT2D eigenvalue weighted by molar-refractivity contribution is 5.80. The number of hydrogen-bond donors (Lipinski definition) is 2. The molecule has 2 heterocycles. The Morgan fingerprint density at radius 2 is 2.29 bits per heavy atom. The van der Waals surface area contributed by atoms with Gasteiger partial charge in [0.25, 0.3) is 0 Å². The van der Waals surface area contributed by atoms with Gasteiger partial charge in [0.2, 0.25) is 0 Å². The zero-order chi connectivity index (χ0) is 10.1. The first-order valence-corrected chi connectivity index (χ1v) is 4.94. The maximum Gasteiger partial charge on any atom is 0.136 e. The number of aromatic amines is 1. The summed E-state index contributed by atoms with van der Waals surface area (Å²) in [5, 5.41) is 10.3. The average Bonchev–Trinajstić information content (AvgIpc) is 2.49. The lowest BCUT2D eigenvalue weighted by Crippen LogP contribution is -2.39. The molecule has 1 fully saturated rings. The van der Waals surface area contributed by atoms with Crippen molar-refractivity contribution < 1.29 is 4.79 Å². The number of aryl methyl sites for hydroxylation is 1. The van der Waals surface area contributed by atoms with Crippen molar-refractivity contribution in [2.75, 3.05) is 0 Å². The molecule has 0 amide bonds. The van der Waals surface area contributed by atoms with Crippen molar-refractivity contribution >= 4 is 5.78 Å². The summed E-state index contributed by atoms with van der Waals surface area (Å²) >= 11 is 0. The van der Waals surface area contributed by atoms with Crippen molar-refractivity contribution in [2.24, 2.45) is 0 Å². The Hall–Kier alpha value is -1.16. The average molecular weight is 193 g/mol. The van der Waals surface area contributed by atoms with E-state index in [1.165, 1.54) is 0 Å². The first-order chi connectivity index (χ1) is 6.66. The van der Waals surface area contributed by atoms with Crippen LogP contribution < -0.4 is 5.32 Å². The third-order valence-electron chi connectivity index (χ3n) is 2.67. The molecule has 1 aromatic heterocycles. The van der Waals surface area contributed by atoms with Crippen molar-refractivity contribution in [3.8, 4) is 0 Å². The van der Waals surface area contributed by atoms with Crippen LogP contribution in [0.15, 0.2) is 6.20 Å². The standard InChI is InChI=1S/C10H15N3O/c1-6-5-11-13-10(6)9-4-8(14)3-7(2)12-9/h5,7,9,12H,3-4H2,1-2H3,(H,11,13). The molecule has 1 aliphatic rings. The predicted molar refractivity (Wildman–Crippen MR) is 52.9 cm³/mol. The Balaban J connectivity index is 2.19. The molecule has 2 N–H and O–H groups in total. The minimum absolute atomic E-state index is 0.119. The smallest absolute Gasteiger partial charge is 0.136 e. The molecule has 1 aliphatic heterocycles. The van der Waals surface area contributed by atoms with Crippen LogP contribution in [0.5, 0.6) is 0 Å². The Kier molecular flexibility index (Phi) is 2.37. The molecule has 76 valence electrons. The topological polar surface area (TPSA) is 57.8 Å². The number of hydrogen-bond acceptors (Lipinski definition) is 3. The number of carbonyl (C=O) groups is 1. The number of rotatable bonds is 1. The van der Waals surface area contributed by atoms with Crippen molar-refractivity contribution in [3.63, 3.8) is 0 Å². The summed E-state index contributed by atoms with van der Waals surface area (Å²) in [4.78, 5) is 11.4. The molecule has 0 radical (unpaired) electrons. The lowest BCUT2D eigenvalue weighted by atomic mass is 9.95. The number of ketones is 1. The normalized spacial score (nSPS) is 28.0. The third-order valence-corrected chi connectivity index (χ3v) is 2.67. The molecule has 0 aliphatic carbocycles. The summed E-state index contributed by atoms with van der Waals surface area (Å²) in [6.07, 6.45) is 3.01. The van der Waals surface area contributed by atoms with Crippen LogP contribution in [-0.2, 0) is 4.79 Å². The van der Waals surface area contributed by atoms with Gasteiger partial charge in [-0.1, -0.05) is 0 Å². The van der Waals surface area contributed by atoms with Crippen LogP contribution in [0, 0.1) is 6.92 Å². The fourth-order valence-corrected chi connectivity index (χ4v) is 2.01. The van der Waals surface area contributed by atoms with Gasteiger partial charge in [-0.05, 0) is 19.4 Å². The second-order valence-corrected chi connectivity index (χ2v) is 4.03. The summed E-state index contributed by atoms with van der Waals surface area (Å²) in [5.41, 5.74) is 2.16. The molecule has 0 bridgehead atoms. The Labute approximate surface area is 83.1 Å². The van der Waals surface area contributed by atoms with E-state index >= 15 is 0 Å². The van der Waals surface area contributed by atoms with Gasteiger partial charge < -0.3 is 5.32 Å². The van der Waals surface area contributed by atoms with Gasteiger partial charge in [0.1, 0.15) is 5.78 Å². The number of piperidine rings is 1. The summed E-state index contributed by atoms with van der Waals surface area (Å²) in [6.45, 7) is 4.04. The zero-order valence-corrected chi connectivity index (χ0v) is 8.50. The molecule has 2 atom stereocenters. The molecule has 1 saturated heterocycles.